The van der Waals surface area contributed by atoms with Crippen LogP contribution in [0.4, 0.5) is 0 Å². The van der Waals surface area contributed by atoms with Crippen molar-refractivity contribution in [1.29, 1.82) is 0 Å². The van der Waals surface area contributed by atoms with Crippen LogP contribution in [-0.4, -0.2) is 51.3 Å². The van der Waals surface area contributed by atoms with E-state index < -0.39 is 0 Å². The zero-order chi connectivity index (χ0) is 12.7. The van der Waals surface area contributed by atoms with E-state index in [4.69, 9.17) is 16.3 Å². The second-order valence-electron chi connectivity index (χ2n) is 3.30. The van der Waals surface area contributed by atoms with Gasteiger partial charge in [0.1, 0.15) is 0 Å². The molecule has 0 aromatic heterocycles. The number of ether oxygens (including phenoxy) is 1. The molecule has 0 amide bonds. The highest BCUT2D eigenvalue weighted by molar-refractivity contribution is 6.20. The van der Waals surface area contributed by atoms with Gasteiger partial charge in [-0.25, -0.2) is 0 Å². The van der Waals surface area contributed by atoms with Gasteiger partial charge in [-0.05, 0) is 48.5 Å². The molecule has 0 aliphatic heterocycles. The standard InChI is InChI=1S/C4H10ClN.C4H10O.C3H9N/c1-3-6-4(2)5;1-3-5-4-2;1-4(2)3/h4,6H,3H2,1-2H3;3-4H2,1-2H3;1-3H3. The molecule has 0 radical (unpaired) electrons. The van der Waals surface area contributed by atoms with Gasteiger partial charge in [0.25, 0.3) is 0 Å². The van der Waals surface area contributed by atoms with E-state index in [0.717, 1.165) is 19.8 Å². The summed E-state index contributed by atoms with van der Waals surface area (Å²) < 4.78 is 4.83. The van der Waals surface area contributed by atoms with Gasteiger partial charge in [0.2, 0.25) is 0 Å². The highest BCUT2D eigenvalue weighted by atomic mass is 35.5. The van der Waals surface area contributed by atoms with Gasteiger partial charge >= 0.3 is 0 Å². The molecule has 96 valence electrons. The number of alkyl halides is 1. The van der Waals surface area contributed by atoms with E-state index in [9.17, 15) is 0 Å². The third kappa shape index (κ3) is 78.5. The smallest absolute Gasteiger partial charge is 0.0796 e. The molecule has 0 heterocycles. The summed E-state index contributed by atoms with van der Waals surface area (Å²) in [5.74, 6) is 0. The molecule has 1 unspecified atom stereocenters. The first kappa shape index (κ1) is 20.6. The second-order valence-corrected chi connectivity index (χ2v) is 3.95. The predicted octanol–water partition coefficient (Wildman–Crippen LogP) is 2.40. The summed E-state index contributed by atoms with van der Waals surface area (Å²) in [4.78, 5) is 2.00. The summed E-state index contributed by atoms with van der Waals surface area (Å²) in [6.07, 6.45) is 0. The Balaban J connectivity index is -0.000000147. The Morgan fingerprint density at radius 2 is 1.47 bits per heavy atom. The van der Waals surface area contributed by atoms with Gasteiger partial charge in [0.15, 0.2) is 0 Å². The van der Waals surface area contributed by atoms with Gasteiger partial charge in [-0.2, -0.15) is 0 Å². The van der Waals surface area contributed by atoms with E-state index in [1.54, 1.807) is 0 Å². The molecule has 0 fully saturated rings. The molecule has 4 heteroatoms. The Kier molecular flexibility index (Phi) is 27.0. The third-order valence-electron chi connectivity index (χ3n) is 0.894. The van der Waals surface area contributed by atoms with E-state index in [0.29, 0.717) is 0 Å². The van der Waals surface area contributed by atoms with Crippen LogP contribution in [0, 0.1) is 0 Å². The van der Waals surface area contributed by atoms with Crippen LogP contribution in [0.25, 0.3) is 0 Å². The second kappa shape index (κ2) is 19.7. The predicted molar refractivity (Wildman–Crippen MR) is 70.8 cm³/mol. The van der Waals surface area contributed by atoms with E-state index >= 15 is 0 Å². The third-order valence-corrected chi connectivity index (χ3v) is 1.05. The van der Waals surface area contributed by atoms with Crippen LogP contribution in [0.15, 0.2) is 0 Å². The maximum atomic E-state index is 5.47. The lowest BCUT2D eigenvalue weighted by molar-refractivity contribution is 0.162. The molecule has 0 saturated carbocycles. The lowest BCUT2D eigenvalue weighted by Crippen LogP contribution is -2.18. The monoisotopic (exact) mass is 240 g/mol. The van der Waals surface area contributed by atoms with Crippen LogP contribution in [-0.2, 0) is 4.74 Å². The van der Waals surface area contributed by atoms with E-state index in [1.165, 1.54) is 0 Å². The first-order chi connectivity index (χ1) is 6.92. The van der Waals surface area contributed by atoms with Crippen molar-refractivity contribution in [2.75, 3.05) is 40.9 Å². The van der Waals surface area contributed by atoms with Gasteiger partial charge in [-0.15, -0.1) is 11.6 Å². The fourth-order valence-electron chi connectivity index (χ4n) is 0.485. The Morgan fingerprint density at radius 3 is 1.47 bits per heavy atom. The zero-order valence-electron chi connectivity index (χ0n) is 11.4. The van der Waals surface area contributed by atoms with Crippen LogP contribution in [0.2, 0.25) is 0 Å². The zero-order valence-corrected chi connectivity index (χ0v) is 12.2. The summed E-state index contributed by atoms with van der Waals surface area (Å²) in [5.41, 5.74) is 0.120. The van der Waals surface area contributed by atoms with Crippen molar-refractivity contribution < 1.29 is 4.74 Å². The molecule has 0 rings (SSSR count). The molecule has 0 bridgehead atoms. The largest absolute Gasteiger partial charge is 0.382 e. The van der Waals surface area contributed by atoms with Crippen LogP contribution in [0.5, 0.6) is 0 Å². The van der Waals surface area contributed by atoms with Gasteiger partial charge < -0.3 is 15.0 Å². The van der Waals surface area contributed by atoms with Crippen LogP contribution < -0.4 is 5.32 Å². The summed E-state index contributed by atoms with van der Waals surface area (Å²) >= 11 is 5.47. The van der Waals surface area contributed by atoms with Crippen molar-refractivity contribution in [1.82, 2.24) is 10.2 Å². The lowest BCUT2D eigenvalue weighted by atomic mass is 10.7. The minimum Gasteiger partial charge on any atom is -0.382 e. The molecule has 0 aromatic carbocycles. The molecule has 1 N–H and O–H groups in total. The molecule has 0 saturated heterocycles. The van der Waals surface area contributed by atoms with Gasteiger partial charge in [0.05, 0.1) is 5.50 Å². The molecule has 3 nitrogen and oxygen atoms in total. The van der Waals surface area contributed by atoms with Gasteiger partial charge in [-0.1, -0.05) is 6.92 Å². The molecule has 0 aliphatic rings. The van der Waals surface area contributed by atoms with E-state index in [-0.39, 0.29) is 5.50 Å². The van der Waals surface area contributed by atoms with Crippen LogP contribution >= 0.6 is 11.6 Å². The van der Waals surface area contributed by atoms with Gasteiger partial charge in [-0.3, -0.25) is 0 Å². The highest BCUT2D eigenvalue weighted by Crippen LogP contribution is 1.82. The normalized spacial score (nSPS) is 11.0. The topological polar surface area (TPSA) is 24.5 Å². The fourth-order valence-corrected chi connectivity index (χ4v) is 0.640. The first-order valence-electron chi connectivity index (χ1n) is 5.48. The van der Waals surface area contributed by atoms with Crippen LogP contribution in [0.1, 0.15) is 27.7 Å². The van der Waals surface area contributed by atoms with Crippen LogP contribution in [0.3, 0.4) is 0 Å². The average Bonchev–Trinajstić information content (AvgIpc) is 2.05. The van der Waals surface area contributed by atoms with Crippen molar-refractivity contribution in [3.63, 3.8) is 0 Å². The van der Waals surface area contributed by atoms with E-state index in [1.807, 2.05) is 53.7 Å². The molecule has 0 spiro atoms. The Labute approximate surface area is 101 Å². The summed E-state index contributed by atoms with van der Waals surface area (Å²) in [5, 5.41) is 2.97. The van der Waals surface area contributed by atoms with E-state index in [2.05, 4.69) is 5.32 Å². The maximum Gasteiger partial charge on any atom is 0.0796 e. The van der Waals surface area contributed by atoms with Crippen molar-refractivity contribution in [3.8, 4) is 0 Å². The van der Waals surface area contributed by atoms with Crippen molar-refractivity contribution in [3.05, 3.63) is 0 Å². The number of rotatable bonds is 4. The van der Waals surface area contributed by atoms with Crippen molar-refractivity contribution in [2.24, 2.45) is 0 Å². The number of halogens is 1. The van der Waals surface area contributed by atoms with Crippen molar-refractivity contribution >= 4 is 11.6 Å². The lowest BCUT2D eigenvalue weighted by Gasteiger charge is -1.98. The van der Waals surface area contributed by atoms with Gasteiger partial charge in [0, 0.05) is 13.2 Å². The molecule has 0 aromatic rings. The quantitative estimate of drug-likeness (QED) is 0.603. The first-order valence-corrected chi connectivity index (χ1v) is 5.91. The minimum absolute atomic E-state index is 0.120. The molecule has 0 aliphatic carbocycles. The van der Waals surface area contributed by atoms with Crippen molar-refractivity contribution in [2.45, 2.75) is 33.2 Å². The number of nitrogens with one attached hydrogen (secondary N) is 1. The Morgan fingerprint density at radius 1 is 1.13 bits per heavy atom. The SMILES string of the molecule is CCNC(C)Cl.CCOCC.CN(C)C. The highest BCUT2D eigenvalue weighted by Gasteiger charge is 1.85. The summed E-state index contributed by atoms with van der Waals surface area (Å²) in [7, 11) is 6.00. The fraction of sp³-hybridized carbons (Fsp3) is 1.00. The number of nitrogens with zero attached hydrogens (tertiary/aromatic N) is 1. The Bertz CT molecular complexity index is 85.9. The molecular formula is C11H29ClN2O. The Hall–Kier alpha value is 0.170. The minimum atomic E-state index is 0.120. The maximum absolute atomic E-state index is 5.47. The summed E-state index contributed by atoms with van der Waals surface area (Å²) in [6.45, 7) is 10.6. The number of hydrogen-bond acceptors (Lipinski definition) is 3. The average molecular weight is 241 g/mol. The molecule has 1 atom stereocenters. The number of hydrogen-bond donors (Lipinski definition) is 1. The molecular weight excluding hydrogens is 212 g/mol. The molecule has 15 heavy (non-hydrogen) atoms. The summed E-state index contributed by atoms with van der Waals surface area (Å²) in [6, 6.07) is 0.